The number of carbonyl (C=O) groups is 2. The number of carbonyl (C=O) groups excluding carboxylic acids is 2. The van der Waals surface area contributed by atoms with Crippen LogP contribution in [0.5, 0.6) is 0 Å². The number of halogens is 1. The smallest absolute Gasteiger partial charge is 0.251 e. The Morgan fingerprint density at radius 1 is 1.23 bits per heavy atom. The first kappa shape index (κ1) is 20.0. The van der Waals surface area contributed by atoms with E-state index in [-0.39, 0.29) is 18.4 Å². The number of benzene rings is 2. The summed E-state index contributed by atoms with van der Waals surface area (Å²) in [6, 6.07) is 13.1. The van der Waals surface area contributed by atoms with Crippen LogP contribution in [0.15, 0.2) is 59.6 Å². The summed E-state index contributed by atoms with van der Waals surface area (Å²) < 4.78 is 0.983. The molecule has 152 valence electrons. The van der Waals surface area contributed by atoms with Crippen LogP contribution in [0, 0.1) is 0 Å². The average molecular weight is 466 g/mol. The van der Waals surface area contributed by atoms with E-state index in [0.717, 1.165) is 34.1 Å². The van der Waals surface area contributed by atoms with Crippen molar-refractivity contribution in [1.29, 1.82) is 0 Å². The maximum atomic E-state index is 12.6. The molecule has 1 aromatic heterocycles. The minimum atomic E-state index is -0.202. The molecule has 0 fully saturated rings. The highest BCUT2D eigenvalue weighted by Crippen LogP contribution is 2.28. The maximum Gasteiger partial charge on any atom is 0.251 e. The molecule has 2 heterocycles. The molecular weight excluding hydrogens is 446 g/mol. The number of hydrogen-bond acceptors (Lipinski definition) is 4. The number of aromatic amines is 1. The van der Waals surface area contributed by atoms with Gasteiger partial charge in [-0.25, -0.2) is 4.98 Å². The quantitative estimate of drug-likeness (QED) is 0.562. The summed E-state index contributed by atoms with van der Waals surface area (Å²) in [4.78, 5) is 30.8. The Hall–Kier alpha value is -3.26. The molecule has 0 atom stereocenters. The third-order valence-electron chi connectivity index (χ3n) is 4.95. The zero-order valence-corrected chi connectivity index (χ0v) is 17.8. The van der Waals surface area contributed by atoms with E-state index in [0.29, 0.717) is 23.8 Å². The molecule has 8 heteroatoms. The standard InChI is InChI=1S/C22H20BrN5O2/c1-2-20(29)28-11-3-4-15-12-16(7-10-18(15)28)22(30)24-13-19-25-21(27-26-19)14-5-8-17(23)9-6-14/h2,5-10,12H,1,3-4,11,13H2,(H,24,30)(H,25,26,27). The molecule has 3 aromatic rings. The molecule has 0 unspecified atom stereocenters. The average Bonchev–Trinajstić information content (AvgIpc) is 3.25. The largest absolute Gasteiger partial charge is 0.345 e. The minimum Gasteiger partial charge on any atom is -0.345 e. The van der Waals surface area contributed by atoms with Gasteiger partial charge in [0.05, 0.1) is 6.54 Å². The van der Waals surface area contributed by atoms with Gasteiger partial charge in [-0.05, 0) is 54.8 Å². The van der Waals surface area contributed by atoms with Crippen LogP contribution >= 0.6 is 15.9 Å². The van der Waals surface area contributed by atoms with Gasteiger partial charge in [-0.15, -0.1) is 0 Å². The van der Waals surface area contributed by atoms with Crippen molar-refractivity contribution in [3.63, 3.8) is 0 Å². The predicted octanol–water partition coefficient (Wildman–Crippen LogP) is 3.63. The number of fused-ring (bicyclic) bond motifs is 1. The van der Waals surface area contributed by atoms with Crippen molar-refractivity contribution >= 4 is 33.4 Å². The minimum absolute atomic E-state index is 0.125. The van der Waals surface area contributed by atoms with Crippen molar-refractivity contribution in [2.45, 2.75) is 19.4 Å². The summed E-state index contributed by atoms with van der Waals surface area (Å²) in [7, 11) is 0. The molecule has 2 aromatic carbocycles. The first-order valence-electron chi connectivity index (χ1n) is 9.57. The lowest BCUT2D eigenvalue weighted by Gasteiger charge is -2.28. The summed E-state index contributed by atoms with van der Waals surface area (Å²) in [6.45, 7) is 4.46. The van der Waals surface area contributed by atoms with Crippen molar-refractivity contribution in [3.05, 3.63) is 76.5 Å². The van der Waals surface area contributed by atoms with Gasteiger partial charge < -0.3 is 10.2 Å². The number of amides is 2. The summed E-state index contributed by atoms with van der Waals surface area (Å²) in [6.07, 6.45) is 3.00. The lowest BCUT2D eigenvalue weighted by Crippen LogP contribution is -2.34. The van der Waals surface area contributed by atoms with Crippen LogP contribution in [0.2, 0.25) is 0 Å². The van der Waals surface area contributed by atoms with Gasteiger partial charge in [-0.2, -0.15) is 5.10 Å². The second-order valence-electron chi connectivity index (χ2n) is 6.94. The molecule has 0 spiro atoms. The molecule has 0 bridgehead atoms. The highest BCUT2D eigenvalue weighted by atomic mass is 79.9. The zero-order valence-electron chi connectivity index (χ0n) is 16.2. The Morgan fingerprint density at radius 2 is 2.03 bits per heavy atom. The molecule has 0 radical (unpaired) electrons. The van der Waals surface area contributed by atoms with Gasteiger partial charge in [0, 0.05) is 27.8 Å². The van der Waals surface area contributed by atoms with Crippen molar-refractivity contribution in [3.8, 4) is 11.4 Å². The molecule has 7 nitrogen and oxygen atoms in total. The van der Waals surface area contributed by atoms with Gasteiger partial charge in [0.25, 0.3) is 5.91 Å². The van der Waals surface area contributed by atoms with Crippen molar-refractivity contribution in [2.75, 3.05) is 11.4 Å². The van der Waals surface area contributed by atoms with E-state index in [4.69, 9.17) is 0 Å². The van der Waals surface area contributed by atoms with Gasteiger partial charge >= 0.3 is 0 Å². The molecule has 0 saturated carbocycles. The summed E-state index contributed by atoms with van der Waals surface area (Å²) in [5, 5.41) is 9.93. The van der Waals surface area contributed by atoms with Crippen LogP contribution in [0.25, 0.3) is 11.4 Å². The van der Waals surface area contributed by atoms with Crippen LogP contribution in [0.1, 0.15) is 28.2 Å². The first-order valence-corrected chi connectivity index (χ1v) is 10.4. The molecule has 0 aliphatic carbocycles. The zero-order chi connectivity index (χ0) is 21.1. The molecule has 2 amide bonds. The fraction of sp³-hybridized carbons (Fsp3) is 0.182. The highest BCUT2D eigenvalue weighted by Gasteiger charge is 2.22. The van der Waals surface area contributed by atoms with E-state index >= 15 is 0 Å². The van der Waals surface area contributed by atoms with Crippen LogP contribution in [-0.2, 0) is 17.8 Å². The third kappa shape index (κ3) is 4.18. The van der Waals surface area contributed by atoms with Crippen LogP contribution < -0.4 is 10.2 Å². The summed E-state index contributed by atoms with van der Waals surface area (Å²) in [5.41, 5.74) is 3.27. The third-order valence-corrected chi connectivity index (χ3v) is 5.48. The monoisotopic (exact) mass is 465 g/mol. The van der Waals surface area contributed by atoms with Crippen molar-refractivity contribution in [1.82, 2.24) is 20.5 Å². The van der Waals surface area contributed by atoms with Crippen LogP contribution in [0.3, 0.4) is 0 Å². The predicted molar refractivity (Wildman–Crippen MR) is 118 cm³/mol. The lowest BCUT2D eigenvalue weighted by molar-refractivity contribution is -0.114. The van der Waals surface area contributed by atoms with Crippen molar-refractivity contribution in [2.24, 2.45) is 0 Å². The van der Waals surface area contributed by atoms with Gasteiger partial charge in [-0.1, -0.05) is 34.6 Å². The van der Waals surface area contributed by atoms with E-state index in [1.807, 2.05) is 36.4 Å². The Balaban J connectivity index is 1.43. The Morgan fingerprint density at radius 3 is 2.80 bits per heavy atom. The van der Waals surface area contributed by atoms with Gasteiger partial charge in [0.1, 0.15) is 5.82 Å². The lowest BCUT2D eigenvalue weighted by atomic mass is 9.98. The van der Waals surface area contributed by atoms with E-state index in [1.165, 1.54) is 6.08 Å². The van der Waals surface area contributed by atoms with E-state index in [2.05, 4.69) is 43.0 Å². The molecule has 1 aliphatic rings. The number of aryl methyl sites for hydroxylation is 1. The molecule has 1 aliphatic heterocycles. The van der Waals surface area contributed by atoms with E-state index < -0.39 is 0 Å². The SMILES string of the molecule is C=CC(=O)N1CCCc2cc(C(=O)NCc3nc(-c4ccc(Br)cc4)n[nH]3)ccc21. The second-order valence-corrected chi connectivity index (χ2v) is 7.85. The number of H-pyrrole nitrogens is 1. The Kier molecular flexibility index (Phi) is 5.76. The fourth-order valence-electron chi connectivity index (χ4n) is 3.45. The first-order chi connectivity index (χ1) is 14.5. The van der Waals surface area contributed by atoms with Gasteiger partial charge in [-0.3, -0.25) is 14.7 Å². The topological polar surface area (TPSA) is 91.0 Å². The number of aromatic nitrogens is 3. The molecule has 0 saturated heterocycles. The number of rotatable bonds is 5. The van der Waals surface area contributed by atoms with E-state index in [9.17, 15) is 9.59 Å². The highest BCUT2D eigenvalue weighted by molar-refractivity contribution is 9.10. The number of nitrogens with one attached hydrogen (secondary N) is 2. The summed E-state index contributed by atoms with van der Waals surface area (Å²) in [5.74, 6) is 0.820. The Bertz CT molecular complexity index is 1110. The molecule has 2 N–H and O–H groups in total. The van der Waals surface area contributed by atoms with Gasteiger partial charge in [0.15, 0.2) is 5.82 Å². The van der Waals surface area contributed by atoms with Crippen molar-refractivity contribution < 1.29 is 9.59 Å². The van der Waals surface area contributed by atoms with Crippen LogP contribution in [-0.4, -0.2) is 33.5 Å². The number of hydrogen-bond donors (Lipinski definition) is 2. The second kappa shape index (κ2) is 8.62. The Labute approximate surface area is 182 Å². The van der Waals surface area contributed by atoms with E-state index in [1.54, 1.807) is 11.0 Å². The fourth-order valence-corrected chi connectivity index (χ4v) is 3.71. The number of nitrogens with zero attached hydrogens (tertiary/aromatic N) is 3. The molecular formula is C22H20BrN5O2. The number of anilines is 1. The maximum absolute atomic E-state index is 12.6. The molecule has 30 heavy (non-hydrogen) atoms. The summed E-state index contributed by atoms with van der Waals surface area (Å²) >= 11 is 3.40. The van der Waals surface area contributed by atoms with Crippen LogP contribution in [0.4, 0.5) is 5.69 Å². The van der Waals surface area contributed by atoms with Gasteiger partial charge in [0.2, 0.25) is 5.91 Å². The molecule has 4 rings (SSSR count). The normalized spacial score (nSPS) is 12.9.